The standard InChI is InChI=1S/C41H50ClN3O5S/c1-5-12-29(3)28-51(48,44-41(47)50-30(4)31-14-8-7-9-15-31)43-40(46)34-20-22-39-38(25-34)45(26-35-18-17-32(35)13-6-2)27-36-19-21-37(42)24-33(36)16-10-11-23-49-39/h5-9,14-15,19-22,24-25,29-30,32,35H,1-2,10-13,16-18,23,26-28H2,3-4H3,(H,43,44,46,47,48)/t29-,30-,32+,35-,51?/m0/s1. The average molecular weight is 732 g/mol. The molecule has 2 aliphatic rings. The zero-order chi connectivity index (χ0) is 36.4. The predicted octanol–water partition coefficient (Wildman–Crippen LogP) is 9.89. The van der Waals surface area contributed by atoms with E-state index in [0.717, 1.165) is 56.3 Å². The molecule has 3 aromatic rings. The van der Waals surface area contributed by atoms with Crippen molar-refractivity contribution in [1.29, 1.82) is 0 Å². The Morgan fingerprint density at radius 2 is 1.82 bits per heavy atom. The molecule has 1 fully saturated rings. The molecular weight excluding hydrogens is 682 g/mol. The summed E-state index contributed by atoms with van der Waals surface area (Å²) in [7, 11) is -3.58. The highest BCUT2D eigenvalue weighted by Gasteiger charge is 2.33. The molecule has 1 aliphatic heterocycles. The zero-order valence-corrected chi connectivity index (χ0v) is 31.3. The quantitative estimate of drug-likeness (QED) is 0.186. The highest BCUT2D eigenvalue weighted by Crippen LogP contribution is 2.41. The van der Waals surface area contributed by atoms with Crippen LogP contribution in [0.2, 0.25) is 5.02 Å². The van der Waals surface area contributed by atoms with Crippen molar-refractivity contribution in [2.24, 2.45) is 22.1 Å². The molecule has 1 saturated carbocycles. The van der Waals surface area contributed by atoms with E-state index in [1.165, 1.54) is 11.1 Å². The number of amides is 2. The summed E-state index contributed by atoms with van der Waals surface area (Å²) < 4.78 is 32.9. The van der Waals surface area contributed by atoms with Gasteiger partial charge in [-0.25, -0.2) is 13.7 Å². The molecule has 1 aliphatic carbocycles. The normalized spacial score (nSPS) is 19.5. The Hall–Kier alpha value is -4.08. The molecule has 272 valence electrons. The molecule has 0 spiro atoms. The van der Waals surface area contributed by atoms with E-state index in [9.17, 15) is 13.8 Å². The third-order valence-corrected chi connectivity index (χ3v) is 12.0. The van der Waals surface area contributed by atoms with E-state index in [2.05, 4.69) is 39.3 Å². The lowest BCUT2D eigenvalue weighted by atomic mass is 9.71. The highest BCUT2D eigenvalue weighted by atomic mass is 35.5. The first-order chi connectivity index (χ1) is 24.6. The van der Waals surface area contributed by atoms with Crippen LogP contribution in [-0.2, 0) is 27.6 Å². The van der Waals surface area contributed by atoms with Gasteiger partial charge in [0.25, 0.3) is 5.91 Å². The maximum Gasteiger partial charge on any atom is 0.420 e. The second kappa shape index (κ2) is 17.9. The molecule has 1 heterocycles. The minimum absolute atomic E-state index is 0.0501. The number of anilines is 1. The van der Waals surface area contributed by atoms with Crippen molar-refractivity contribution in [2.45, 2.75) is 71.4 Å². The molecule has 1 unspecified atom stereocenters. The number of rotatable bonds is 12. The molecule has 5 rings (SSSR count). The topological polar surface area (TPSA) is 97.3 Å². The number of hydrogen-bond donors (Lipinski definition) is 1. The van der Waals surface area contributed by atoms with E-state index in [0.29, 0.717) is 42.2 Å². The predicted molar refractivity (Wildman–Crippen MR) is 207 cm³/mol. The number of fused-ring (bicyclic) bond motifs is 2. The summed E-state index contributed by atoms with van der Waals surface area (Å²) in [5.74, 6) is 0.770. The van der Waals surface area contributed by atoms with Gasteiger partial charge in [0.15, 0.2) is 0 Å². The van der Waals surface area contributed by atoms with E-state index >= 15 is 0 Å². The van der Waals surface area contributed by atoms with Crippen molar-refractivity contribution in [3.8, 4) is 5.75 Å². The summed E-state index contributed by atoms with van der Waals surface area (Å²) in [6.07, 6.45) is 8.69. The second-order valence-corrected chi connectivity index (χ2v) is 16.2. The van der Waals surface area contributed by atoms with Crippen molar-refractivity contribution in [2.75, 3.05) is 23.8 Å². The molecule has 1 N–H and O–H groups in total. The van der Waals surface area contributed by atoms with Crippen molar-refractivity contribution in [1.82, 2.24) is 4.72 Å². The number of benzene rings is 3. The molecule has 10 heteroatoms. The van der Waals surface area contributed by atoms with Gasteiger partial charge in [0.1, 0.15) is 21.8 Å². The van der Waals surface area contributed by atoms with Gasteiger partial charge >= 0.3 is 6.09 Å². The fraction of sp³-hybridized carbons (Fsp3) is 0.415. The first-order valence-corrected chi connectivity index (χ1v) is 20.0. The van der Waals surface area contributed by atoms with Gasteiger partial charge in [-0.15, -0.1) is 17.5 Å². The van der Waals surface area contributed by atoms with Crippen molar-refractivity contribution in [3.05, 3.63) is 119 Å². The summed E-state index contributed by atoms with van der Waals surface area (Å²) in [4.78, 5) is 29.4. The first-order valence-electron chi connectivity index (χ1n) is 17.9. The summed E-state index contributed by atoms with van der Waals surface area (Å²) in [6, 6.07) is 20.6. The van der Waals surface area contributed by atoms with Gasteiger partial charge in [0.2, 0.25) is 0 Å². The summed E-state index contributed by atoms with van der Waals surface area (Å²) in [6.45, 7) is 13.3. The van der Waals surface area contributed by atoms with Gasteiger partial charge in [-0.2, -0.15) is 0 Å². The van der Waals surface area contributed by atoms with Crippen LogP contribution in [0.5, 0.6) is 5.75 Å². The van der Waals surface area contributed by atoms with Crippen LogP contribution in [0.15, 0.2) is 96.4 Å². The fourth-order valence-electron chi connectivity index (χ4n) is 6.87. The molecule has 2 amide bonds. The Morgan fingerprint density at radius 3 is 2.55 bits per heavy atom. The summed E-state index contributed by atoms with van der Waals surface area (Å²) >= 11 is 6.45. The van der Waals surface area contributed by atoms with Gasteiger partial charge in [-0.05, 0) is 117 Å². The van der Waals surface area contributed by atoms with E-state index in [1.54, 1.807) is 31.2 Å². The molecule has 0 saturated heterocycles. The van der Waals surface area contributed by atoms with Crippen LogP contribution in [0.4, 0.5) is 10.5 Å². The SMILES string of the molecule is C=CC[C@H](C)CS(=O)(=NC(=O)c1ccc2c(c1)N(C[C@@H]1CC[C@H]1CC=C)Cc1ccc(Cl)cc1CCCCO2)NC(=O)O[C@@H](C)c1ccccc1. The number of aryl methyl sites for hydroxylation is 1. The lowest BCUT2D eigenvalue weighted by Gasteiger charge is -2.41. The number of ether oxygens (including phenoxy) is 2. The summed E-state index contributed by atoms with van der Waals surface area (Å²) in [5.41, 5.74) is 4.20. The Labute approximate surface area is 308 Å². The van der Waals surface area contributed by atoms with Gasteiger partial charge in [-0.1, -0.05) is 67.1 Å². The number of nitrogens with one attached hydrogen (secondary N) is 1. The molecule has 0 radical (unpaired) electrons. The third kappa shape index (κ3) is 10.5. The average Bonchev–Trinajstić information content (AvgIpc) is 3.12. The van der Waals surface area contributed by atoms with Gasteiger partial charge < -0.3 is 14.4 Å². The second-order valence-electron chi connectivity index (χ2n) is 13.8. The highest BCUT2D eigenvalue weighted by molar-refractivity contribution is 7.92. The Balaban J connectivity index is 1.49. The van der Waals surface area contributed by atoms with Crippen molar-refractivity contribution in [3.63, 3.8) is 0 Å². The Kier molecular flexibility index (Phi) is 13.4. The number of allylic oxidation sites excluding steroid dienone is 2. The molecular formula is C41H50ClN3O5S. The van der Waals surface area contributed by atoms with Gasteiger partial charge in [0.05, 0.1) is 18.0 Å². The number of halogens is 1. The number of carbonyl (C=O) groups excluding carboxylic acids is 2. The molecule has 3 aromatic carbocycles. The number of nitrogens with zero attached hydrogens (tertiary/aromatic N) is 2. The lowest BCUT2D eigenvalue weighted by Crippen LogP contribution is -2.38. The van der Waals surface area contributed by atoms with Crippen LogP contribution in [-0.4, -0.2) is 35.1 Å². The van der Waals surface area contributed by atoms with Crippen LogP contribution >= 0.6 is 11.6 Å². The zero-order valence-electron chi connectivity index (χ0n) is 29.7. The molecule has 0 bridgehead atoms. The molecule has 5 atom stereocenters. The minimum atomic E-state index is -3.58. The van der Waals surface area contributed by atoms with Crippen molar-refractivity contribution < 1.29 is 23.3 Å². The van der Waals surface area contributed by atoms with E-state index in [4.69, 9.17) is 21.1 Å². The number of carbonyl (C=O) groups is 2. The van der Waals surface area contributed by atoms with Crippen LogP contribution in [0.25, 0.3) is 0 Å². The van der Waals surface area contributed by atoms with Crippen LogP contribution in [0.1, 0.15) is 85.5 Å². The third-order valence-electron chi connectivity index (χ3n) is 9.78. The van der Waals surface area contributed by atoms with Crippen LogP contribution < -0.4 is 14.4 Å². The monoisotopic (exact) mass is 731 g/mol. The maximum absolute atomic E-state index is 14.3. The number of hydrogen-bond acceptors (Lipinski definition) is 6. The van der Waals surface area contributed by atoms with Crippen LogP contribution in [0.3, 0.4) is 0 Å². The fourth-order valence-corrected chi connectivity index (χ4v) is 8.86. The first kappa shape index (κ1) is 38.2. The van der Waals surface area contributed by atoms with E-state index in [1.807, 2.05) is 49.4 Å². The Morgan fingerprint density at radius 1 is 1.04 bits per heavy atom. The van der Waals surface area contributed by atoms with E-state index < -0.39 is 28.0 Å². The molecule has 51 heavy (non-hydrogen) atoms. The Bertz CT molecular complexity index is 1820. The minimum Gasteiger partial charge on any atom is -0.491 e. The van der Waals surface area contributed by atoms with E-state index in [-0.39, 0.29) is 17.2 Å². The summed E-state index contributed by atoms with van der Waals surface area (Å²) in [5, 5.41) is 0.712. The van der Waals surface area contributed by atoms with Crippen LogP contribution in [0, 0.1) is 17.8 Å². The largest absolute Gasteiger partial charge is 0.491 e. The van der Waals surface area contributed by atoms with Crippen molar-refractivity contribution >= 4 is 39.2 Å². The van der Waals surface area contributed by atoms with Gasteiger partial charge in [0, 0.05) is 23.7 Å². The smallest absolute Gasteiger partial charge is 0.420 e. The molecule has 0 aromatic heterocycles. The maximum atomic E-state index is 14.3. The molecule has 8 nitrogen and oxygen atoms in total. The van der Waals surface area contributed by atoms with Gasteiger partial charge in [-0.3, -0.25) is 4.79 Å². The lowest BCUT2D eigenvalue weighted by molar-refractivity contribution is 0.100.